The molecule has 1 aromatic carbocycles. The molecule has 1 unspecified atom stereocenters. The summed E-state index contributed by atoms with van der Waals surface area (Å²) < 4.78 is 9.28. The summed E-state index contributed by atoms with van der Waals surface area (Å²) in [5.74, 6) is 0. The number of nitrogens with one attached hydrogen (secondary N) is 1. The minimum atomic E-state index is 0.0651. The first-order chi connectivity index (χ1) is 11.6. The van der Waals surface area contributed by atoms with Crippen molar-refractivity contribution in [2.24, 2.45) is 0 Å². The zero-order valence-electron chi connectivity index (χ0n) is 13.9. The predicted octanol–water partition coefficient (Wildman–Crippen LogP) is 1.57. The van der Waals surface area contributed by atoms with E-state index in [4.69, 9.17) is 16.3 Å². The first kappa shape index (κ1) is 16.1. The number of hydrogen-bond acceptors (Lipinski definition) is 3. The Kier molecular flexibility index (Phi) is 4.12. The van der Waals surface area contributed by atoms with Gasteiger partial charge in [0.2, 0.25) is 5.52 Å². The molecular formula is C16H24ClN5O2+2. The molecule has 0 radical (unpaired) electrons. The second-order valence-electron chi connectivity index (χ2n) is 7.03. The van der Waals surface area contributed by atoms with Crippen molar-refractivity contribution < 1.29 is 13.8 Å². The van der Waals surface area contributed by atoms with Crippen molar-refractivity contribution in [3.8, 4) is 0 Å². The summed E-state index contributed by atoms with van der Waals surface area (Å²) >= 11 is 6.08. The van der Waals surface area contributed by atoms with E-state index in [2.05, 4.69) is 17.2 Å². The van der Waals surface area contributed by atoms with Crippen LogP contribution < -0.4 is 4.54 Å². The number of fused-ring (bicyclic) bond motifs is 1. The van der Waals surface area contributed by atoms with Gasteiger partial charge in [-0.25, -0.2) is 4.90 Å². The summed E-state index contributed by atoms with van der Waals surface area (Å²) in [6, 6.07) is 5.49. The van der Waals surface area contributed by atoms with E-state index in [-0.39, 0.29) is 6.29 Å². The Morgan fingerprint density at radius 1 is 1.29 bits per heavy atom. The van der Waals surface area contributed by atoms with Crippen molar-refractivity contribution in [2.45, 2.75) is 19.1 Å². The molecule has 1 N–H and O–H groups in total. The molecule has 24 heavy (non-hydrogen) atoms. The maximum atomic E-state index is 12.4. The smallest absolute Gasteiger partial charge is 0.312 e. The van der Waals surface area contributed by atoms with E-state index in [9.17, 15) is 4.91 Å². The lowest BCUT2D eigenvalue weighted by Gasteiger charge is -2.41. The van der Waals surface area contributed by atoms with Crippen LogP contribution in [0, 0.1) is 4.91 Å². The van der Waals surface area contributed by atoms with Crippen molar-refractivity contribution in [3.63, 3.8) is 0 Å². The summed E-state index contributed by atoms with van der Waals surface area (Å²) in [6.07, 6.45) is 2.51. The fourth-order valence-corrected chi connectivity index (χ4v) is 4.34. The van der Waals surface area contributed by atoms with Crippen LogP contribution in [-0.2, 0) is 4.74 Å². The van der Waals surface area contributed by atoms with E-state index in [0.717, 1.165) is 53.9 Å². The van der Waals surface area contributed by atoms with Crippen LogP contribution in [0.5, 0.6) is 0 Å². The van der Waals surface area contributed by atoms with Crippen LogP contribution in [-0.4, -0.2) is 65.7 Å². The highest BCUT2D eigenvalue weighted by atomic mass is 35.5. The molecule has 2 aliphatic heterocycles. The fourth-order valence-electron chi connectivity index (χ4n) is 4.18. The minimum absolute atomic E-state index is 0.0651. The predicted molar refractivity (Wildman–Crippen MR) is 91.2 cm³/mol. The van der Waals surface area contributed by atoms with Gasteiger partial charge >= 0.3 is 6.29 Å². The zero-order chi connectivity index (χ0) is 16.7. The number of aromatic amines is 1. The average molecular weight is 354 g/mol. The Hall–Kier alpha value is -1.41. The third kappa shape index (κ3) is 2.65. The van der Waals surface area contributed by atoms with Gasteiger partial charge in [0.25, 0.3) is 5.52 Å². The maximum absolute atomic E-state index is 12.4. The first-order valence-electron chi connectivity index (χ1n) is 8.57. The number of rotatable bonds is 3. The molecule has 7 nitrogen and oxygen atoms in total. The Morgan fingerprint density at radius 3 is 2.71 bits per heavy atom. The number of likely N-dealkylation sites (tertiary alicyclic amines) is 1. The number of benzene rings is 1. The molecule has 4 rings (SSSR count). The van der Waals surface area contributed by atoms with Crippen molar-refractivity contribution in [2.75, 3.05) is 46.4 Å². The van der Waals surface area contributed by atoms with Gasteiger partial charge in [0.05, 0.1) is 37.9 Å². The highest BCUT2D eigenvalue weighted by Gasteiger charge is 2.46. The van der Waals surface area contributed by atoms with Crippen LogP contribution in [0.25, 0.3) is 11.0 Å². The van der Waals surface area contributed by atoms with Crippen LogP contribution in [0.15, 0.2) is 18.2 Å². The van der Waals surface area contributed by atoms with Gasteiger partial charge in [-0.3, -0.25) is 4.48 Å². The van der Waals surface area contributed by atoms with Crippen molar-refractivity contribution >= 4 is 22.6 Å². The van der Waals surface area contributed by atoms with Gasteiger partial charge in [-0.2, -0.15) is 0 Å². The Balaban J connectivity index is 1.85. The molecule has 3 heterocycles. The summed E-state index contributed by atoms with van der Waals surface area (Å²) in [5.41, 5.74) is 1.46. The van der Waals surface area contributed by atoms with Gasteiger partial charge < -0.3 is 4.74 Å². The van der Waals surface area contributed by atoms with Crippen LogP contribution in [0.3, 0.4) is 0 Å². The van der Waals surface area contributed by atoms with Gasteiger partial charge in [0, 0.05) is 37.0 Å². The lowest BCUT2D eigenvalue weighted by atomic mass is 10.3. The quantitative estimate of drug-likeness (QED) is 0.673. The zero-order valence-corrected chi connectivity index (χ0v) is 14.7. The molecule has 0 spiro atoms. The van der Waals surface area contributed by atoms with E-state index in [1.54, 1.807) is 6.07 Å². The molecule has 130 valence electrons. The normalized spacial score (nSPS) is 22.9. The maximum Gasteiger partial charge on any atom is 0.312 e. The fraction of sp³-hybridized carbons (Fsp3) is 0.625. The number of nitrogens with zero attached hydrogens (tertiary/aromatic N) is 4. The van der Waals surface area contributed by atoms with Crippen LogP contribution in [0.4, 0.5) is 0 Å². The van der Waals surface area contributed by atoms with Crippen molar-refractivity contribution in [1.82, 2.24) is 14.8 Å². The number of quaternary nitrogens is 1. The topological polar surface area (TPSA) is 56.2 Å². The molecule has 2 aliphatic rings. The van der Waals surface area contributed by atoms with E-state index >= 15 is 0 Å². The largest absolute Gasteiger partial charge is 0.379 e. The van der Waals surface area contributed by atoms with Crippen LogP contribution in [0.1, 0.15) is 19.1 Å². The highest BCUT2D eigenvalue weighted by molar-refractivity contribution is 6.31. The lowest BCUT2D eigenvalue weighted by Crippen LogP contribution is -2.57. The summed E-state index contributed by atoms with van der Waals surface area (Å²) in [4.78, 5) is 14.8. The standard InChI is InChI=1S/C16H24ClN5O2/c1-22(8-2-3-9-22)16(19-6-10-24-11-7-19)20-14-5-4-13(17)12-15(14)21(23)18-20/h4-5,12,16H,2-3,6-11H2,1H3,(H,18,23)/q+2. The minimum Gasteiger partial charge on any atom is -0.379 e. The van der Waals surface area contributed by atoms with E-state index in [1.165, 1.54) is 12.8 Å². The SMILES string of the molecule is C[N+]1(C(N2CCOCC2)n2[nH][n+](=O)c3cc(Cl)ccc32)CCCC1. The van der Waals surface area contributed by atoms with E-state index in [0.29, 0.717) is 10.5 Å². The highest BCUT2D eigenvalue weighted by Crippen LogP contribution is 2.32. The van der Waals surface area contributed by atoms with Gasteiger partial charge in [-0.15, -0.1) is 0 Å². The number of aromatic nitrogens is 3. The van der Waals surface area contributed by atoms with E-state index in [1.807, 2.05) is 16.8 Å². The third-order valence-corrected chi connectivity index (χ3v) is 5.60. The number of halogens is 1. The van der Waals surface area contributed by atoms with Gasteiger partial charge in [0.15, 0.2) is 0 Å². The molecule has 0 bridgehead atoms. The lowest BCUT2D eigenvalue weighted by molar-refractivity contribution is -0.952. The number of morpholine rings is 1. The molecule has 2 saturated heterocycles. The second-order valence-corrected chi connectivity index (χ2v) is 7.46. The summed E-state index contributed by atoms with van der Waals surface area (Å²) in [5, 5.41) is 3.57. The van der Waals surface area contributed by atoms with Gasteiger partial charge in [0.1, 0.15) is 0 Å². The van der Waals surface area contributed by atoms with Gasteiger partial charge in [-0.1, -0.05) is 21.5 Å². The molecule has 1 atom stereocenters. The second kappa shape index (κ2) is 6.15. The molecule has 0 amide bonds. The summed E-state index contributed by atoms with van der Waals surface area (Å²) in [6.45, 7) is 5.44. The number of hydrogen-bond donors (Lipinski definition) is 1. The van der Waals surface area contributed by atoms with Gasteiger partial charge in [-0.05, 0) is 17.0 Å². The molecular weight excluding hydrogens is 330 g/mol. The molecule has 2 fully saturated rings. The Labute approximate surface area is 145 Å². The number of H-pyrrole nitrogens is 1. The summed E-state index contributed by atoms with van der Waals surface area (Å²) in [7, 11) is 2.29. The molecule has 0 aliphatic carbocycles. The molecule has 8 heteroatoms. The van der Waals surface area contributed by atoms with Crippen molar-refractivity contribution in [3.05, 3.63) is 28.1 Å². The average Bonchev–Trinajstić information content (AvgIpc) is 3.14. The third-order valence-electron chi connectivity index (χ3n) is 5.36. The Morgan fingerprint density at radius 2 is 2.00 bits per heavy atom. The molecule has 1 aromatic heterocycles. The molecule has 2 aromatic rings. The van der Waals surface area contributed by atoms with Crippen LogP contribution >= 0.6 is 11.6 Å². The monoisotopic (exact) mass is 353 g/mol. The van der Waals surface area contributed by atoms with Crippen molar-refractivity contribution in [1.29, 1.82) is 0 Å². The first-order valence-corrected chi connectivity index (χ1v) is 8.95. The van der Waals surface area contributed by atoms with Crippen LogP contribution in [0.2, 0.25) is 5.02 Å². The number of ether oxygens (including phenoxy) is 1. The Bertz CT molecular complexity index is 789. The van der Waals surface area contributed by atoms with E-state index < -0.39 is 0 Å². The molecule has 0 saturated carbocycles.